The van der Waals surface area contributed by atoms with E-state index in [1.165, 1.54) is 11.1 Å². The second-order valence-electron chi connectivity index (χ2n) is 4.27. The first-order valence-corrected chi connectivity index (χ1v) is 6.24. The third-order valence-corrected chi connectivity index (χ3v) is 2.92. The molecule has 2 aromatic rings. The minimum absolute atomic E-state index is 0.826. The van der Waals surface area contributed by atoms with Gasteiger partial charge in [0.15, 0.2) is 0 Å². The molecule has 0 amide bonds. The first-order valence-electron chi connectivity index (χ1n) is 6.24. The molecule has 4 heteroatoms. The molecule has 0 saturated carbocycles. The van der Waals surface area contributed by atoms with Crippen molar-refractivity contribution in [1.29, 1.82) is 0 Å². The third-order valence-electron chi connectivity index (χ3n) is 2.92. The Morgan fingerprint density at radius 1 is 0.895 bits per heavy atom. The highest BCUT2D eigenvalue weighted by Crippen LogP contribution is 2.21. The van der Waals surface area contributed by atoms with Crippen molar-refractivity contribution in [1.82, 2.24) is 4.98 Å². The topological polar surface area (TPSA) is 48.0 Å². The molecule has 2 N–H and O–H groups in total. The summed E-state index contributed by atoms with van der Waals surface area (Å²) >= 11 is 0. The fourth-order valence-electron chi connectivity index (χ4n) is 1.91. The molecule has 0 radical (unpaired) electrons. The van der Waals surface area contributed by atoms with Crippen LogP contribution in [0.2, 0.25) is 0 Å². The van der Waals surface area contributed by atoms with E-state index in [9.17, 15) is 0 Å². The molecule has 19 heavy (non-hydrogen) atoms. The Balaban J connectivity index is 1.95. The first-order chi connectivity index (χ1) is 9.31. The lowest BCUT2D eigenvalue weighted by molar-refractivity contribution is -0.686. The molecule has 0 atom stereocenters. The number of rotatable bonds is 6. The van der Waals surface area contributed by atoms with Gasteiger partial charge >= 0.3 is 0 Å². The maximum atomic E-state index is 5.26. The van der Waals surface area contributed by atoms with Gasteiger partial charge in [-0.1, -0.05) is 0 Å². The van der Waals surface area contributed by atoms with E-state index < -0.39 is 0 Å². The van der Waals surface area contributed by atoms with Crippen LogP contribution in [-0.2, 0) is 13.1 Å². The largest absolute Gasteiger partial charge is 0.497 e. The standard InChI is InChI=1S/C15H18N2O2/c1-18-14-7-13(8-15(9-14)19-2)11-17-10-12-3-5-16-6-4-12/h3-9,17H,10-11H2,1-2H3/p+1. The first kappa shape index (κ1) is 13.4. The summed E-state index contributed by atoms with van der Waals surface area (Å²) in [4.78, 5) is 4.01. The molecule has 0 aliphatic carbocycles. The normalized spacial score (nSPS) is 10.2. The summed E-state index contributed by atoms with van der Waals surface area (Å²) in [6.07, 6.45) is 3.63. The number of ether oxygens (including phenoxy) is 2. The quantitative estimate of drug-likeness (QED) is 0.852. The van der Waals surface area contributed by atoms with Gasteiger partial charge in [0.05, 0.1) is 14.2 Å². The van der Waals surface area contributed by atoms with Crippen LogP contribution < -0.4 is 14.8 Å². The molecule has 1 aromatic carbocycles. The summed E-state index contributed by atoms with van der Waals surface area (Å²) in [5.74, 6) is 1.65. The minimum atomic E-state index is 0.826. The molecule has 1 aromatic heterocycles. The summed E-state index contributed by atoms with van der Waals surface area (Å²) < 4.78 is 10.5. The second-order valence-corrected chi connectivity index (χ2v) is 4.27. The predicted molar refractivity (Wildman–Crippen MR) is 73.1 cm³/mol. The Labute approximate surface area is 113 Å². The monoisotopic (exact) mass is 259 g/mol. The molecule has 2 rings (SSSR count). The molecule has 1 heterocycles. The van der Waals surface area contributed by atoms with Crippen molar-refractivity contribution in [2.75, 3.05) is 14.2 Å². The highest BCUT2D eigenvalue weighted by molar-refractivity contribution is 5.38. The molecule has 0 fully saturated rings. The molecule has 100 valence electrons. The maximum Gasteiger partial charge on any atom is 0.123 e. The number of nitrogens with two attached hydrogens (primary N) is 1. The lowest BCUT2D eigenvalue weighted by atomic mass is 10.2. The fourth-order valence-corrected chi connectivity index (χ4v) is 1.91. The van der Waals surface area contributed by atoms with Crippen LogP contribution in [0, 0.1) is 0 Å². The lowest BCUT2D eigenvalue weighted by Gasteiger charge is -2.08. The van der Waals surface area contributed by atoms with Gasteiger partial charge in [0, 0.05) is 29.6 Å². The third kappa shape index (κ3) is 3.96. The van der Waals surface area contributed by atoms with E-state index in [-0.39, 0.29) is 0 Å². The van der Waals surface area contributed by atoms with Crippen LogP contribution in [0.3, 0.4) is 0 Å². The number of hydrogen-bond donors (Lipinski definition) is 1. The highest BCUT2D eigenvalue weighted by Gasteiger charge is 2.03. The zero-order chi connectivity index (χ0) is 13.5. The van der Waals surface area contributed by atoms with Gasteiger partial charge in [0.2, 0.25) is 0 Å². The Morgan fingerprint density at radius 2 is 1.47 bits per heavy atom. The van der Waals surface area contributed by atoms with Crippen molar-refractivity contribution in [3.8, 4) is 11.5 Å². The van der Waals surface area contributed by atoms with E-state index in [0.717, 1.165) is 24.6 Å². The number of quaternary nitrogens is 1. The molecule has 0 aliphatic rings. The summed E-state index contributed by atoms with van der Waals surface area (Å²) in [5, 5.41) is 2.24. The van der Waals surface area contributed by atoms with Crippen molar-refractivity contribution >= 4 is 0 Å². The van der Waals surface area contributed by atoms with E-state index in [1.54, 1.807) is 14.2 Å². The molecule has 0 unspecified atom stereocenters. The van der Waals surface area contributed by atoms with Crippen LogP contribution in [-0.4, -0.2) is 19.2 Å². The summed E-state index contributed by atoms with van der Waals surface area (Å²) in [5.41, 5.74) is 2.45. The average Bonchev–Trinajstić information content (AvgIpc) is 2.48. The van der Waals surface area contributed by atoms with Crippen LogP contribution in [0.4, 0.5) is 0 Å². The van der Waals surface area contributed by atoms with E-state index >= 15 is 0 Å². The maximum absolute atomic E-state index is 5.26. The number of methoxy groups -OCH3 is 2. The van der Waals surface area contributed by atoms with Gasteiger partial charge in [-0.25, -0.2) is 0 Å². The number of pyridine rings is 1. The van der Waals surface area contributed by atoms with Gasteiger partial charge < -0.3 is 14.8 Å². The summed E-state index contributed by atoms with van der Waals surface area (Å²) in [6.45, 7) is 1.82. The zero-order valence-electron chi connectivity index (χ0n) is 11.3. The smallest absolute Gasteiger partial charge is 0.123 e. The second kappa shape index (κ2) is 6.75. The highest BCUT2D eigenvalue weighted by atomic mass is 16.5. The van der Waals surface area contributed by atoms with Crippen molar-refractivity contribution in [3.05, 3.63) is 53.9 Å². The van der Waals surface area contributed by atoms with Gasteiger partial charge in [-0.05, 0) is 24.3 Å². The molecule has 0 bridgehead atoms. The Bertz CT molecular complexity index is 493. The van der Waals surface area contributed by atoms with Gasteiger partial charge in [-0.3, -0.25) is 4.98 Å². The van der Waals surface area contributed by atoms with Crippen LogP contribution >= 0.6 is 0 Å². The van der Waals surface area contributed by atoms with E-state index in [1.807, 2.05) is 42.7 Å². The zero-order valence-corrected chi connectivity index (χ0v) is 11.3. The molecular weight excluding hydrogens is 240 g/mol. The van der Waals surface area contributed by atoms with E-state index in [0.29, 0.717) is 0 Å². The molecular formula is C15H19N2O2+. The molecule has 0 saturated heterocycles. The lowest BCUT2D eigenvalue weighted by Crippen LogP contribution is -2.80. The van der Waals surface area contributed by atoms with Gasteiger partial charge in [-0.15, -0.1) is 0 Å². The fraction of sp³-hybridized carbons (Fsp3) is 0.267. The Kier molecular flexibility index (Phi) is 4.75. The van der Waals surface area contributed by atoms with Gasteiger partial charge in [-0.2, -0.15) is 0 Å². The molecule has 0 aliphatic heterocycles. The van der Waals surface area contributed by atoms with Crippen LogP contribution in [0.5, 0.6) is 11.5 Å². The summed E-state index contributed by atoms with van der Waals surface area (Å²) in [6, 6.07) is 10.0. The van der Waals surface area contributed by atoms with Crippen LogP contribution in [0.25, 0.3) is 0 Å². The predicted octanol–water partition coefficient (Wildman–Crippen LogP) is 1.36. The number of nitrogens with zero attached hydrogens (tertiary/aromatic N) is 1. The van der Waals surface area contributed by atoms with Crippen molar-refractivity contribution in [2.24, 2.45) is 0 Å². The Hall–Kier alpha value is -2.07. The van der Waals surface area contributed by atoms with Gasteiger partial charge in [0.1, 0.15) is 24.6 Å². The SMILES string of the molecule is COc1cc(C[NH2+]Cc2ccncc2)cc(OC)c1. The molecule has 4 nitrogen and oxygen atoms in total. The van der Waals surface area contributed by atoms with Crippen molar-refractivity contribution < 1.29 is 14.8 Å². The summed E-state index contributed by atoms with van der Waals surface area (Å²) in [7, 11) is 3.33. The number of benzene rings is 1. The number of hydrogen-bond acceptors (Lipinski definition) is 3. The van der Waals surface area contributed by atoms with Crippen molar-refractivity contribution in [3.63, 3.8) is 0 Å². The van der Waals surface area contributed by atoms with Crippen LogP contribution in [0.15, 0.2) is 42.7 Å². The average molecular weight is 259 g/mol. The van der Waals surface area contributed by atoms with Crippen LogP contribution in [0.1, 0.15) is 11.1 Å². The van der Waals surface area contributed by atoms with E-state index in [2.05, 4.69) is 10.3 Å². The minimum Gasteiger partial charge on any atom is -0.497 e. The Morgan fingerprint density at radius 3 is 2.05 bits per heavy atom. The number of aromatic nitrogens is 1. The molecule has 0 spiro atoms. The van der Waals surface area contributed by atoms with E-state index in [4.69, 9.17) is 9.47 Å². The van der Waals surface area contributed by atoms with Crippen molar-refractivity contribution in [2.45, 2.75) is 13.1 Å². The van der Waals surface area contributed by atoms with Gasteiger partial charge in [0.25, 0.3) is 0 Å².